The lowest BCUT2D eigenvalue weighted by molar-refractivity contribution is 1.20. The molecule has 0 unspecified atom stereocenters. The number of benzene rings is 6. The van der Waals surface area contributed by atoms with Gasteiger partial charge >= 0.3 is 0 Å². The fourth-order valence-corrected chi connectivity index (χ4v) is 5.79. The number of para-hydroxylation sites is 2. The summed E-state index contributed by atoms with van der Waals surface area (Å²) in [4.78, 5) is 4.55. The van der Waals surface area contributed by atoms with Crippen molar-refractivity contribution in [2.75, 3.05) is 16.8 Å². The van der Waals surface area contributed by atoms with Crippen LogP contribution >= 0.6 is 0 Å². The van der Waals surface area contributed by atoms with Crippen LogP contribution in [0, 0.1) is 0 Å². The molecule has 0 amide bonds. The summed E-state index contributed by atoms with van der Waals surface area (Å²) in [7, 11) is 2.14. The van der Waals surface area contributed by atoms with Crippen molar-refractivity contribution < 1.29 is 0 Å². The fourth-order valence-electron chi connectivity index (χ4n) is 5.79. The maximum atomic E-state index is 2.36. The minimum absolute atomic E-state index is 1.01. The van der Waals surface area contributed by atoms with Gasteiger partial charge in [-0.25, -0.2) is 0 Å². The van der Waals surface area contributed by atoms with Crippen LogP contribution in [-0.4, -0.2) is 7.05 Å². The van der Waals surface area contributed by atoms with Crippen LogP contribution in [0.1, 0.15) is 11.1 Å². The van der Waals surface area contributed by atoms with Crippen LogP contribution in [0.4, 0.5) is 28.4 Å². The van der Waals surface area contributed by atoms with E-state index >= 15 is 0 Å². The van der Waals surface area contributed by atoms with Crippen LogP contribution in [-0.2, 0) is 6.42 Å². The summed E-state index contributed by atoms with van der Waals surface area (Å²) in [5.41, 5.74) is 13.8. The zero-order valence-electron chi connectivity index (χ0n) is 22.5. The molecule has 0 bridgehead atoms. The fraction of sp³-hybridized carbons (Fsp3) is 0.0526. The average Bonchev–Trinajstić information content (AvgIpc) is 3.40. The van der Waals surface area contributed by atoms with E-state index < -0.39 is 0 Å². The topological polar surface area (TPSA) is 6.48 Å². The second-order valence-electron chi connectivity index (χ2n) is 10.3. The van der Waals surface area contributed by atoms with E-state index in [2.05, 4.69) is 169 Å². The first-order valence-electron chi connectivity index (χ1n) is 13.8. The summed E-state index contributed by atoms with van der Waals surface area (Å²) < 4.78 is 0. The van der Waals surface area contributed by atoms with Gasteiger partial charge in [0, 0.05) is 35.5 Å². The van der Waals surface area contributed by atoms with Gasteiger partial charge in [-0.3, -0.25) is 0 Å². The molecular formula is C38H30N2. The summed E-state index contributed by atoms with van der Waals surface area (Å²) in [6.45, 7) is 0. The number of nitrogens with zero attached hydrogens (tertiary/aromatic N) is 2. The van der Waals surface area contributed by atoms with Gasteiger partial charge in [0.15, 0.2) is 0 Å². The molecule has 0 saturated heterocycles. The van der Waals surface area contributed by atoms with Crippen LogP contribution < -0.4 is 9.80 Å². The van der Waals surface area contributed by atoms with Crippen molar-refractivity contribution in [2.24, 2.45) is 0 Å². The Morgan fingerprint density at radius 1 is 0.400 bits per heavy atom. The summed E-state index contributed by atoms with van der Waals surface area (Å²) in [6, 6.07) is 54.4. The van der Waals surface area contributed by atoms with Crippen molar-refractivity contribution in [2.45, 2.75) is 6.42 Å². The van der Waals surface area contributed by atoms with E-state index in [0.717, 1.165) is 34.9 Å². The average molecular weight is 515 g/mol. The lowest BCUT2D eigenvalue weighted by atomic mass is 9.99. The first-order valence-corrected chi connectivity index (χ1v) is 13.8. The SMILES string of the molecule is CN(c1ccc(-c2ccc3c(c2)Cc2ccccc2-3)cc1)c1cccc(N(c2ccccc2)c2ccccc2)c1. The highest BCUT2D eigenvalue weighted by atomic mass is 15.2. The molecule has 1 aliphatic carbocycles. The molecule has 0 aliphatic heterocycles. The molecule has 2 nitrogen and oxygen atoms in total. The quantitative estimate of drug-likeness (QED) is 0.218. The van der Waals surface area contributed by atoms with E-state index in [1.807, 2.05) is 0 Å². The summed E-state index contributed by atoms with van der Waals surface area (Å²) in [5.74, 6) is 0. The Balaban J connectivity index is 1.16. The van der Waals surface area contributed by atoms with Gasteiger partial charge in [0.05, 0.1) is 0 Å². The highest BCUT2D eigenvalue weighted by molar-refractivity contribution is 5.82. The number of hydrogen-bond donors (Lipinski definition) is 0. The Labute approximate surface area is 236 Å². The Morgan fingerprint density at radius 2 is 0.975 bits per heavy atom. The van der Waals surface area contributed by atoms with Crippen molar-refractivity contribution >= 4 is 28.4 Å². The summed E-state index contributed by atoms with van der Waals surface area (Å²) >= 11 is 0. The smallest absolute Gasteiger partial charge is 0.0482 e. The minimum atomic E-state index is 1.01. The lowest BCUT2D eigenvalue weighted by Gasteiger charge is -2.27. The zero-order chi connectivity index (χ0) is 26.9. The maximum Gasteiger partial charge on any atom is 0.0482 e. The summed E-state index contributed by atoms with van der Waals surface area (Å²) in [5, 5.41) is 0. The molecule has 2 heteroatoms. The van der Waals surface area contributed by atoms with Crippen molar-refractivity contribution in [1.29, 1.82) is 0 Å². The van der Waals surface area contributed by atoms with Crippen LogP contribution in [0.3, 0.4) is 0 Å². The van der Waals surface area contributed by atoms with E-state index in [0.29, 0.717) is 0 Å². The molecule has 0 spiro atoms. The monoisotopic (exact) mass is 514 g/mol. The molecule has 0 fully saturated rings. The normalized spacial score (nSPS) is 11.5. The van der Waals surface area contributed by atoms with Gasteiger partial charge in [0.1, 0.15) is 0 Å². The Kier molecular flexibility index (Phi) is 6.14. The van der Waals surface area contributed by atoms with Crippen LogP contribution in [0.25, 0.3) is 22.3 Å². The molecule has 0 N–H and O–H groups in total. The molecule has 0 saturated carbocycles. The molecule has 40 heavy (non-hydrogen) atoms. The minimum Gasteiger partial charge on any atom is -0.345 e. The third kappa shape index (κ3) is 4.44. The molecule has 0 aromatic heterocycles. The molecule has 7 rings (SSSR count). The molecule has 6 aromatic rings. The number of hydrogen-bond acceptors (Lipinski definition) is 2. The highest BCUT2D eigenvalue weighted by Crippen LogP contribution is 2.40. The maximum absolute atomic E-state index is 2.36. The highest BCUT2D eigenvalue weighted by Gasteiger charge is 2.18. The van der Waals surface area contributed by atoms with Crippen molar-refractivity contribution in [3.63, 3.8) is 0 Å². The molecule has 6 aromatic carbocycles. The first kappa shape index (κ1) is 24.0. The first-order chi connectivity index (χ1) is 19.7. The third-order valence-electron chi connectivity index (χ3n) is 7.89. The molecule has 0 heterocycles. The van der Waals surface area contributed by atoms with Crippen LogP contribution in [0.5, 0.6) is 0 Å². The number of anilines is 5. The van der Waals surface area contributed by atoms with Crippen LogP contribution in [0.2, 0.25) is 0 Å². The van der Waals surface area contributed by atoms with Gasteiger partial charge in [-0.1, -0.05) is 97.1 Å². The van der Waals surface area contributed by atoms with Gasteiger partial charge < -0.3 is 9.80 Å². The predicted molar refractivity (Wildman–Crippen MR) is 169 cm³/mol. The molecule has 192 valence electrons. The number of rotatable bonds is 6. The Bertz CT molecular complexity index is 1730. The Morgan fingerprint density at radius 3 is 1.70 bits per heavy atom. The molecule has 0 radical (unpaired) electrons. The standard InChI is InChI=1S/C38H30N2/c1-39(35-16-10-17-36(27-35)40(33-12-4-2-5-13-33)34-14-6-3-7-15-34)32-22-19-28(20-23-32)29-21-24-38-31(25-29)26-30-11-8-9-18-37(30)38/h2-25,27H,26H2,1H3. The number of fused-ring (bicyclic) bond motifs is 3. The molecule has 1 aliphatic rings. The van der Waals surface area contributed by atoms with Gasteiger partial charge in [-0.15, -0.1) is 0 Å². The lowest BCUT2D eigenvalue weighted by Crippen LogP contribution is -2.12. The second-order valence-corrected chi connectivity index (χ2v) is 10.3. The second kappa shape index (κ2) is 10.2. The van der Waals surface area contributed by atoms with Gasteiger partial charge in [-0.2, -0.15) is 0 Å². The van der Waals surface area contributed by atoms with E-state index in [9.17, 15) is 0 Å². The third-order valence-corrected chi connectivity index (χ3v) is 7.89. The van der Waals surface area contributed by atoms with E-state index in [-0.39, 0.29) is 0 Å². The zero-order valence-corrected chi connectivity index (χ0v) is 22.5. The Hall–Kier alpha value is -5.08. The van der Waals surface area contributed by atoms with Gasteiger partial charge in [-0.05, 0) is 94.4 Å². The summed E-state index contributed by atoms with van der Waals surface area (Å²) in [6.07, 6.45) is 1.01. The van der Waals surface area contributed by atoms with E-state index in [4.69, 9.17) is 0 Å². The molecule has 0 atom stereocenters. The van der Waals surface area contributed by atoms with E-state index in [1.54, 1.807) is 0 Å². The van der Waals surface area contributed by atoms with Crippen molar-refractivity contribution in [3.8, 4) is 22.3 Å². The van der Waals surface area contributed by atoms with Crippen LogP contribution in [0.15, 0.2) is 152 Å². The molecular weight excluding hydrogens is 484 g/mol. The largest absolute Gasteiger partial charge is 0.345 e. The van der Waals surface area contributed by atoms with Crippen molar-refractivity contribution in [3.05, 3.63) is 163 Å². The van der Waals surface area contributed by atoms with Gasteiger partial charge in [0.25, 0.3) is 0 Å². The van der Waals surface area contributed by atoms with Gasteiger partial charge in [0.2, 0.25) is 0 Å². The van der Waals surface area contributed by atoms with Crippen molar-refractivity contribution in [1.82, 2.24) is 0 Å². The van der Waals surface area contributed by atoms with E-state index in [1.165, 1.54) is 33.4 Å². The predicted octanol–water partition coefficient (Wildman–Crippen LogP) is 10.2.